The number of thioether (sulfide) groups is 1. The van der Waals surface area contributed by atoms with Crippen molar-refractivity contribution in [2.45, 2.75) is 5.16 Å². The van der Waals surface area contributed by atoms with Crippen LogP contribution in [0.4, 0.5) is 0 Å². The standard InChI is InChI=1S/C13H8BrN5OS/c14-9-1-3-10(4-2-9)18-6-7-19-11(12(18)20)16-17-13(19)21-8-5-15/h1-4,6-7H,8H2. The predicted octanol–water partition coefficient (Wildman–Crippen LogP) is 2.26. The first kappa shape index (κ1) is 13.9. The summed E-state index contributed by atoms with van der Waals surface area (Å²) in [5.41, 5.74) is 0.733. The molecule has 0 aliphatic heterocycles. The highest BCUT2D eigenvalue weighted by molar-refractivity contribution is 9.10. The Hall–Kier alpha value is -2.11. The van der Waals surface area contributed by atoms with Gasteiger partial charge in [-0.2, -0.15) is 5.26 Å². The van der Waals surface area contributed by atoms with Gasteiger partial charge in [-0.25, -0.2) is 0 Å². The van der Waals surface area contributed by atoms with E-state index in [1.54, 1.807) is 16.8 Å². The largest absolute Gasteiger partial charge is 0.300 e. The van der Waals surface area contributed by atoms with Crippen LogP contribution in [0.2, 0.25) is 0 Å². The third-order valence-electron chi connectivity index (χ3n) is 2.81. The van der Waals surface area contributed by atoms with Crippen LogP contribution in [0.15, 0.2) is 51.1 Å². The van der Waals surface area contributed by atoms with Gasteiger partial charge >= 0.3 is 5.56 Å². The van der Waals surface area contributed by atoms with Crippen molar-refractivity contribution in [3.8, 4) is 11.8 Å². The lowest BCUT2D eigenvalue weighted by atomic mass is 10.3. The summed E-state index contributed by atoms with van der Waals surface area (Å²) in [5.74, 6) is 0.261. The number of halogens is 1. The van der Waals surface area contributed by atoms with Crippen LogP contribution in [-0.2, 0) is 0 Å². The first-order chi connectivity index (χ1) is 10.2. The van der Waals surface area contributed by atoms with Gasteiger partial charge in [-0.3, -0.25) is 13.8 Å². The minimum Gasteiger partial charge on any atom is -0.280 e. The summed E-state index contributed by atoms with van der Waals surface area (Å²) < 4.78 is 4.05. The molecule has 0 atom stereocenters. The number of hydrogen-bond donors (Lipinski definition) is 0. The molecular formula is C13H8BrN5OS. The Labute approximate surface area is 132 Å². The molecule has 0 aliphatic carbocycles. The molecule has 0 bridgehead atoms. The maximum atomic E-state index is 12.5. The Morgan fingerprint density at radius 1 is 1.24 bits per heavy atom. The van der Waals surface area contributed by atoms with Crippen molar-refractivity contribution < 1.29 is 0 Å². The van der Waals surface area contributed by atoms with Crippen molar-refractivity contribution in [3.63, 3.8) is 0 Å². The number of hydrogen-bond acceptors (Lipinski definition) is 5. The highest BCUT2D eigenvalue weighted by atomic mass is 79.9. The van der Waals surface area contributed by atoms with E-state index in [4.69, 9.17) is 5.26 Å². The minimum absolute atomic E-state index is 0.237. The van der Waals surface area contributed by atoms with Gasteiger partial charge in [0.05, 0.1) is 11.8 Å². The number of fused-ring (bicyclic) bond motifs is 1. The summed E-state index contributed by atoms with van der Waals surface area (Å²) in [6, 6.07) is 9.43. The van der Waals surface area contributed by atoms with Gasteiger partial charge in [-0.05, 0) is 24.3 Å². The molecular weight excluding hydrogens is 354 g/mol. The van der Waals surface area contributed by atoms with Crippen LogP contribution in [0.1, 0.15) is 0 Å². The molecule has 2 heterocycles. The summed E-state index contributed by atoms with van der Waals surface area (Å²) in [4.78, 5) is 12.5. The van der Waals surface area contributed by atoms with Crippen molar-refractivity contribution >= 4 is 33.3 Å². The molecule has 21 heavy (non-hydrogen) atoms. The lowest BCUT2D eigenvalue weighted by molar-refractivity contribution is 0.894. The van der Waals surface area contributed by atoms with Crippen LogP contribution < -0.4 is 5.56 Å². The molecule has 0 N–H and O–H groups in total. The van der Waals surface area contributed by atoms with Crippen molar-refractivity contribution in [2.24, 2.45) is 0 Å². The monoisotopic (exact) mass is 361 g/mol. The normalized spacial score (nSPS) is 10.7. The molecule has 6 nitrogen and oxygen atoms in total. The van der Waals surface area contributed by atoms with E-state index in [1.165, 1.54) is 16.3 Å². The maximum Gasteiger partial charge on any atom is 0.300 e. The predicted molar refractivity (Wildman–Crippen MR) is 82.6 cm³/mol. The molecule has 3 aromatic rings. The first-order valence-electron chi connectivity index (χ1n) is 5.93. The molecule has 0 amide bonds. The Balaban J connectivity index is 2.11. The quantitative estimate of drug-likeness (QED) is 0.668. The highest BCUT2D eigenvalue weighted by Gasteiger charge is 2.11. The fraction of sp³-hybridized carbons (Fsp3) is 0.0769. The molecule has 8 heteroatoms. The average molecular weight is 362 g/mol. The Morgan fingerprint density at radius 2 is 2.00 bits per heavy atom. The summed E-state index contributed by atoms with van der Waals surface area (Å²) >= 11 is 4.60. The SMILES string of the molecule is N#CCSc1nnc2c(=O)n(-c3ccc(Br)cc3)ccn12. The minimum atomic E-state index is -0.254. The van der Waals surface area contributed by atoms with Gasteiger partial charge in [-0.15, -0.1) is 10.2 Å². The Bertz CT molecular complexity index is 894. The van der Waals surface area contributed by atoms with Crippen LogP contribution in [0.5, 0.6) is 0 Å². The molecule has 3 rings (SSSR count). The second-order valence-corrected chi connectivity index (χ2v) is 5.93. The van der Waals surface area contributed by atoms with Crippen LogP contribution >= 0.6 is 27.7 Å². The zero-order valence-electron chi connectivity index (χ0n) is 10.6. The number of aromatic nitrogens is 4. The van der Waals surface area contributed by atoms with Crippen molar-refractivity contribution in [3.05, 3.63) is 51.5 Å². The van der Waals surface area contributed by atoms with Gasteiger partial charge in [0.1, 0.15) is 0 Å². The van der Waals surface area contributed by atoms with E-state index in [0.29, 0.717) is 5.16 Å². The molecule has 0 radical (unpaired) electrons. The van der Waals surface area contributed by atoms with Crippen molar-refractivity contribution in [2.75, 3.05) is 5.75 Å². The molecule has 0 saturated carbocycles. The number of nitriles is 1. The third-order valence-corrected chi connectivity index (χ3v) is 4.15. The molecule has 0 spiro atoms. The van der Waals surface area contributed by atoms with Gasteiger partial charge in [0.2, 0.25) is 5.65 Å². The zero-order valence-corrected chi connectivity index (χ0v) is 13.0. The zero-order chi connectivity index (χ0) is 14.8. The summed E-state index contributed by atoms with van der Waals surface area (Å²) in [7, 11) is 0. The smallest absolute Gasteiger partial charge is 0.280 e. The summed E-state index contributed by atoms with van der Waals surface area (Å²) in [5, 5.41) is 17.0. The Kier molecular flexibility index (Phi) is 3.77. The molecule has 0 fully saturated rings. The lowest BCUT2D eigenvalue weighted by Gasteiger charge is -2.06. The molecule has 104 valence electrons. The van der Waals surface area contributed by atoms with E-state index in [-0.39, 0.29) is 17.0 Å². The molecule has 0 aliphatic rings. The maximum absolute atomic E-state index is 12.5. The topological polar surface area (TPSA) is 76.0 Å². The van der Waals surface area contributed by atoms with E-state index in [2.05, 4.69) is 26.1 Å². The fourth-order valence-electron chi connectivity index (χ4n) is 1.87. The first-order valence-corrected chi connectivity index (χ1v) is 7.70. The Morgan fingerprint density at radius 3 is 2.71 bits per heavy atom. The van der Waals surface area contributed by atoms with Crippen LogP contribution in [0, 0.1) is 11.3 Å². The van der Waals surface area contributed by atoms with Gasteiger partial charge in [0, 0.05) is 22.6 Å². The van der Waals surface area contributed by atoms with Gasteiger partial charge < -0.3 is 0 Å². The van der Waals surface area contributed by atoms with E-state index in [9.17, 15) is 4.79 Å². The van der Waals surface area contributed by atoms with E-state index < -0.39 is 0 Å². The molecule has 0 unspecified atom stereocenters. The van der Waals surface area contributed by atoms with Gasteiger partial charge in [0.15, 0.2) is 5.16 Å². The van der Waals surface area contributed by atoms with E-state index in [1.807, 2.05) is 30.3 Å². The molecule has 2 aromatic heterocycles. The average Bonchev–Trinajstić information content (AvgIpc) is 2.91. The summed E-state index contributed by atoms with van der Waals surface area (Å²) in [6.07, 6.45) is 3.39. The fourth-order valence-corrected chi connectivity index (χ4v) is 2.71. The second-order valence-electron chi connectivity index (χ2n) is 4.07. The van der Waals surface area contributed by atoms with Crippen molar-refractivity contribution in [1.82, 2.24) is 19.2 Å². The van der Waals surface area contributed by atoms with E-state index in [0.717, 1.165) is 10.2 Å². The van der Waals surface area contributed by atoms with E-state index >= 15 is 0 Å². The van der Waals surface area contributed by atoms with Gasteiger partial charge in [-0.1, -0.05) is 27.7 Å². The molecule has 1 aromatic carbocycles. The van der Waals surface area contributed by atoms with Crippen LogP contribution in [0.3, 0.4) is 0 Å². The highest BCUT2D eigenvalue weighted by Crippen LogP contribution is 2.16. The molecule has 0 saturated heterocycles. The number of benzene rings is 1. The second kappa shape index (κ2) is 5.71. The third kappa shape index (κ3) is 2.57. The number of nitrogens with zero attached hydrogens (tertiary/aromatic N) is 5. The summed E-state index contributed by atoms with van der Waals surface area (Å²) in [6.45, 7) is 0. The van der Waals surface area contributed by atoms with Crippen molar-refractivity contribution in [1.29, 1.82) is 5.26 Å². The number of rotatable bonds is 3. The van der Waals surface area contributed by atoms with Gasteiger partial charge in [0.25, 0.3) is 0 Å². The lowest BCUT2D eigenvalue weighted by Crippen LogP contribution is -2.20. The van der Waals surface area contributed by atoms with Crippen LogP contribution in [0.25, 0.3) is 11.3 Å². The van der Waals surface area contributed by atoms with Crippen LogP contribution in [-0.4, -0.2) is 24.9 Å².